The van der Waals surface area contributed by atoms with Crippen LogP contribution in [0, 0.1) is 0 Å². The molecule has 0 heterocycles. The van der Waals surface area contributed by atoms with Crippen LogP contribution in [0.15, 0.2) is 200 Å². The third-order valence-corrected chi connectivity index (χ3v) is 17.2. The second kappa shape index (κ2) is 33.2. The van der Waals surface area contributed by atoms with Gasteiger partial charge < -0.3 is 51.4 Å². The Bertz CT molecular complexity index is 3630. The van der Waals surface area contributed by atoms with E-state index < -0.39 is 113 Å². The minimum absolute atomic E-state index is 0.000168. The Hall–Kier alpha value is -10.1. The third kappa shape index (κ3) is 20.5. The number of carbonyl (C=O) groups excluding carboxylic acids is 9. The van der Waals surface area contributed by atoms with Crippen LogP contribution in [0.1, 0.15) is 106 Å². The van der Waals surface area contributed by atoms with Crippen molar-refractivity contribution in [3.05, 3.63) is 239 Å². The van der Waals surface area contributed by atoms with E-state index in [-0.39, 0.29) is 44.1 Å². The number of benzene rings is 7. The number of hydrogen-bond donors (Lipinski definition) is 7. The van der Waals surface area contributed by atoms with Crippen molar-refractivity contribution in [2.75, 3.05) is 25.4 Å². The van der Waals surface area contributed by atoms with Crippen LogP contribution in [-0.2, 0) is 65.4 Å². The van der Waals surface area contributed by atoms with Gasteiger partial charge in [-0.1, -0.05) is 200 Å². The van der Waals surface area contributed by atoms with Crippen LogP contribution in [0.25, 0.3) is 11.1 Å². The molecule has 0 aliphatic heterocycles. The molecule has 1 aliphatic rings. The average Bonchev–Trinajstić information content (AvgIpc) is 1.51. The molecular weight excluding hydrogens is 1220 g/mol. The second-order valence-electron chi connectivity index (χ2n) is 25.1. The Morgan fingerprint density at radius 1 is 0.442 bits per heavy atom. The number of amides is 7. The molecule has 7 aromatic rings. The number of hydrogen-bond acceptors (Lipinski definition) is 13. The molecule has 496 valence electrons. The minimum atomic E-state index is -1.71. The molecule has 19 nitrogen and oxygen atoms in total. The first-order valence-electron chi connectivity index (χ1n) is 31.6. The smallest absolute Gasteiger partial charge is 0.408 e. The van der Waals surface area contributed by atoms with Gasteiger partial charge in [0.25, 0.3) is 0 Å². The summed E-state index contributed by atoms with van der Waals surface area (Å²) >= 11 is 1.42. The van der Waals surface area contributed by atoms with Crippen molar-refractivity contribution < 1.29 is 57.4 Å². The summed E-state index contributed by atoms with van der Waals surface area (Å²) < 4.78 is 15.9. The van der Waals surface area contributed by atoms with Gasteiger partial charge in [-0.3, -0.25) is 33.6 Å². The van der Waals surface area contributed by atoms with Crippen molar-refractivity contribution in [2.45, 2.75) is 126 Å². The third-order valence-electron chi connectivity index (χ3n) is 15.5. The highest BCUT2D eigenvalue weighted by Crippen LogP contribution is 2.49. The van der Waals surface area contributed by atoms with Crippen molar-refractivity contribution >= 4 is 65.2 Å². The van der Waals surface area contributed by atoms with Gasteiger partial charge in [0.05, 0.1) is 17.2 Å². The second-order valence-corrected chi connectivity index (χ2v) is 26.4. The molecule has 20 heteroatoms. The average molecular weight is 1310 g/mol. The van der Waals surface area contributed by atoms with E-state index in [0.29, 0.717) is 11.1 Å². The van der Waals surface area contributed by atoms with Gasteiger partial charge in [0.2, 0.25) is 29.5 Å². The molecular formula is C75H83N7O12S. The number of carbonyl (C=O) groups is 9. The summed E-state index contributed by atoms with van der Waals surface area (Å²) in [5.41, 5.74) is 6.17. The van der Waals surface area contributed by atoms with Gasteiger partial charge in [0.15, 0.2) is 5.78 Å². The Kier molecular flexibility index (Phi) is 24.7. The van der Waals surface area contributed by atoms with Gasteiger partial charge in [-0.2, -0.15) is 0 Å². The maximum absolute atomic E-state index is 14.8. The van der Waals surface area contributed by atoms with E-state index in [4.69, 9.17) is 14.2 Å². The molecule has 0 saturated heterocycles. The van der Waals surface area contributed by atoms with Gasteiger partial charge >= 0.3 is 18.2 Å². The van der Waals surface area contributed by atoms with Crippen molar-refractivity contribution in [1.82, 2.24) is 37.2 Å². The zero-order chi connectivity index (χ0) is 68.1. The van der Waals surface area contributed by atoms with E-state index in [2.05, 4.69) is 37.2 Å². The Labute approximate surface area is 559 Å². The first kappa shape index (κ1) is 70.8. The van der Waals surface area contributed by atoms with Crippen molar-refractivity contribution in [3.63, 3.8) is 0 Å². The molecule has 1 aliphatic carbocycles. The molecule has 95 heavy (non-hydrogen) atoms. The van der Waals surface area contributed by atoms with Crippen LogP contribution in [0.5, 0.6) is 0 Å². The van der Waals surface area contributed by atoms with E-state index in [9.17, 15) is 43.2 Å². The molecule has 0 spiro atoms. The van der Waals surface area contributed by atoms with E-state index in [1.807, 2.05) is 140 Å². The number of thioether (sulfide) groups is 1. The van der Waals surface area contributed by atoms with Crippen molar-refractivity contribution in [3.8, 4) is 11.1 Å². The number of nitrogens with one attached hydrogen (secondary N) is 7. The predicted molar refractivity (Wildman–Crippen MR) is 365 cm³/mol. The van der Waals surface area contributed by atoms with Crippen LogP contribution in [0.3, 0.4) is 0 Å². The van der Waals surface area contributed by atoms with Gasteiger partial charge in [-0.25, -0.2) is 9.59 Å². The maximum atomic E-state index is 14.8. The number of alkyl carbamates (subject to hydrolysis) is 2. The number of ketones is 1. The van der Waals surface area contributed by atoms with Crippen LogP contribution < -0.4 is 37.2 Å². The summed E-state index contributed by atoms with van der Waals surface area (Å²) in [7, 11) is 0. The number of esters is 1. The Balaban J connectivity index is 0.983. The summed E-state index contributed by atoms with van der Waals surface area (Å²) in [6.45, 7) is 10.3. The first-order valence-corrected chi connectivity index (χ1v) is 32.6. The molecule has 7 aromatic carbocycles. The molecule has 0 fully saturated rings. The monoisotopic (exact) mass is 1310 g/mol. The highest BCUT2D eigenvalue weighted by Gasteiger charge is 2.40. The highest BCUT2D eigenvalue weighted by molar-refractivity contribution is 8.00. The SMILES string of the molecule is CC(=O)[C@H](CSC(c1ccccc1)(c1ccccc1)c1ccccc1)NC(=O)[C@H](CC(=O)OC(C)(C)C)NC(=O)[C@H](CNC(=O)[C@H](Cc1ccccc1)NC(=O)[C@H](Cc1ccccc1)NC(=O)CCNC(=O)OCC1c2ccccc2-c2ccccc21)NC(=O)OC(C)(C)C. The quantitative estimate of drug-likeness (QED) is 0.0131. The molecule has 0 bridgehead atoms. The van der Waals surface area contributed by atoms with Crippen LogP contribution >= 0.6 is 11.8 Å². The predicted octanol–water partition coefficient (Wildman–Crippen LogP) is 9.40. The lowest BCUT2D eigenvalue weighted by molar-refractivity contribution is -0.156. The maximum Gasteiger partial charge on any atom is 0.408 e. The fraction of sp³-hybridized carbons (Fsp3) is 0.320. The molecule has 0 radical (unpaired) electrons. The zero-order valence-corrected chi connectivity index (χ0v) is 55.3. The Morgan fingerprint density at radius 2 is 0.863 bits per heavy atom. The summed E-state index contributed by atoms with van der Waals surface area (Å²) in [4.78, 5) is 127. The van der Waals surface area contributed by atoms with E-state index in [1.54, 1.807) is 102 Å². The number of Topliss-reactive ketones (excluding diaryl/α,β-unsaturated/α-hetero) is 1. The van der Waals surface area contributed by atoms with Crippen LogP contribution in [-0.4, -0.2) is 120 Å². The van der Waals surface area contributed by atoms with E-state index in [0.717, 1.165) is 38.9 Å². The molecule has 0 unspecified atom stereocenters. The summed E-state index contributed by atoms with van der Waals surface area (Å²) in [6, 6.07) is 55.6. The topological polar surface area (TPSA) is 266 Å². The molecule has 0 saturated carbocycles. The van der Waals surface area contributed by atoms with E-state index >= 15 is 0 Å². The Morgan fingerprint density at radius 3 is 1.35 bits per heavy atom. The molecule has 7 N–H and O–H groups in total. The molecule has 5 atom stereocenters. The standard InChI is InChI=1S/C75H83N7O12S/c1-49(83)64(48-95-75(52-31-17-10-18-32-52,53-33-19-11-20-34-53)54-35-21-12-22-36-54)81-69(88)62(45-66(85)93-73(2,3)4)80-70(89)63(82-72(91)94-74(5,6)7)46-77-67(86)60(43-50-27-13-8-14-28-50)79-68(87)61(44-51-29-15-9-16-30-51)78-65(84)41-42-76-71(90)92-47-59-57-39-25-23-37-55(57)56-38-24-26-40-58(56)59/h8-40,59-64H,41-48H2,1-7H3,(H,76,90)(H,77,86)(H,78,84)(H,79,87)(H,80,89)(H,81,88)(H,82,91)/t60-,61-,62-,63-,64-/m0/s1. The number of fused-ring (bicyclic) bond motifs is 3. The molecule has 0 aromatic heterocycles. The fourth-order valence-electron chi connectivity index (χ4n) is 11.1. The lowest BCUT2D eigenvalue weighted by Crippen LogP contribution is -2.60. The van der Waals surface area contributed by atoms with Gasteiger partial charge in [-0.15, -0.1) is 11.8 Å². The molecule has 8 rings (SSSR count). The zero-order valence-electron chi connectivity index (χ0n) is 54.5. The van der Waals surface area contributed by atoms with Crippen LogP contribution in [0.2, 0.25) is 0 Å². The molecule has 7 amide bonds. The van der Waals surface area contributed by atoms with Gasteiger partial charge in [0.1, 0.15) is 42.0 Å². The van der Waals surface area contributed by atoms with E-state index in [1.165, 1.54) is 18.7 Å². The fourth-order valence-corrected chi connectivity index (χ4v) is 12.8. The number of rotatable bonds is 29. The van der Waals surface area contributed by atoms with Gasteiger partial charge in [0, 0.05) is 44.0 Å². The number of ether oxygens (including phenoxy) is 3. The first-order chi connectivity index (χ1) is 45.5. The van der Waals surface area contributed by atoms with Gasteiger partial charge in [-0.05, 0) is 98.5 Å². The lowest BCUT2D eigenvalue weighted by Gasteiger charge is -2.36. The normalized spacial score (nSPS) is 13.5. The highest BCUT2D eigenvalue weighted by atomic mass is 32.2. The van der Waals surface area contributed by atoms with Crippen molar-refractivity contribution in [2.24, 2.45) is 0 Å². The summed E-state index contributed by atoms with van der Waals surface area (Å²) in [6.07, 6.45) is -2.84. The van der Waals surface area contributed by atoms with Crippen LogP contribution in [0.4, 0.5) is 9.59 Å². The lowest BCUT2D eigenvalue weighted by atomic mass is 9.84. The minimum Gasteiger partial charge on any atom is -0.460 e. The largest absolute Gasteiger partial charge is 0.460 e. The summed E-state index contributed by atoms with van der Waals surface area (Å²) in [5.74, 6) is -5.57. The summed E-state index contributed by atoms with van der Waals surface area (Å²) in [5, 5.41) is 18.8. The van der Waals surface area contributed by atoms with Crippen molar-refractivity contribution in [1.29, 1.82) is 0 Å².